The minimum Gasteiger partial charge on any atom is -0.493 e. The summed E-state index contributed by atoms with van der Waals surface area (Å²) in [7, 11) is 4.14. The first-order valence-corrected chi connectivity index (χ1v) is 4.90. The van der Waals surface area contributed by atoms with Crippen LogP contribution in [0.5, 0.6) is 11.5 Å². The Morgan fingerprint density at radius 1 is 1.06 bits per heavy atom. The molecule has 0 aliphatic rings. The van der Waals surface area contributed by atoms with Crippen LogP contribution in [0.3, 0.4) is 0 Å². The predicted molar refractivity (Wildman–Crippen MR) is 60.9 cm³/mol. The maximum absolute atomic E-state index is 11.5. The summed E-state index contributed by atoms with van der Waals surface area (Å²) in [5.74, 6) is -0.118. The monoisotopic (exact) mass is 238 g/mol. The molecular weight excluding hydrogens is 224 g/mol. The third kappa shape index (κ3) is 2.55. The number of carbonyl (C=O) groups excluding carboxylic acids is 2. The van der Waals surface area contributed by atoms with Crippen molar-refractivity contribution in [1.82, 2.24) is 0 Å². The third-order valence-electron chi connectivity index (χ3n) is 2.28. The number of esters is 1. The molecule has 0 saturated carbocycles. The lowest BCUT2D eigenvalue weighted by atomic mass is 10.1. The van der Waals surface area contributed by atoms with E-state index in [1.54, 1.807) is 0 Å². The van der Waals surface area contributed by atoms with E-state index in [9.17, 15) is 9.59 Å². The smallest absolute Gasteiger partial charge is 0.338 e. The molecule has 1 aromatic carbocycles. The first-order chi connectivity index (χ1) is 8.04. The molecule has 5 nitrogen and oxygen atoms in total. The van der Waals surface area contributed by atoms with E-state index in [0.29, 0.717) is 11.5 Å². The van der Waals surface area contributed by atoms with Crippen LogP contribution >= 0.6 is 0 Å². The summed E-state index contributed by atoms with van der Waals surface area (Å²) < 4.78 is 14.8. The zero-order chi connectivity index (χ0) is 13.0. The lowest BCUT2D eigenvalue weighted by Gasteiger charge is -2.12. The topological polar surface area (TPSA) is 61.8 Å². The zero-order valence-corrected chi connectivity index (χ0v) is 10.2. The van der Waals surface area contributed by atoms with Crippen molar-refractivity contribution in [2.45, 2.75) is 6.92 Å². The molecule has 0 bridgehead atoms. The highest BCUT2D eigenvalue weighted by atomic mass is 16.5. The fourth-order valence-electron chi connectivity index (χ4n) is 1.46. The molecule has 1 rings (SSSR count). The van der Waals surface area contributed by atoms with Gasteiger partial charge in [-0.2, -0.15) is 0 Å². The molecule has 0 atom stereocenters. The van der Waals surface area contributed by atoms with Crippen LogP contribution in [0, 0.1) is 0 Å². The van der Waals surface area contributed by atoms with Crippen LogP contribution in [0.1, 0.15) is 27.6 Å². The second-order valence-electron chi connectivity index (χ2n) is 3.31. The maximum atomic E-state index is 11.5. The maximum Gasteiger partial charge on any atom is 0.338 e. The van der Waals surface area contributed by atoms with Crippen molar-refractivity contribution in [2.75, 3.05) is 21.3 Å². The molecule has 0 aromatic heterocycles. The Labute approximate surface area is 99.3 Å². The Morgan fingerprint density at radius 3 is 2.12 bits per heavy atom. The van der Waals surface area contributed by atoms with E-state index in [0.717, 1.165) is 0 Å². The van der Waals surface area contributed by atoms with Crippen LogP contribution in [0.25, 0.3) is 0 Å². The summed E-state index contributed by atoms with van der Waals surface area (Å²) in [6, 6.07) is 2.90. The fraction of sp³-hybridized carbons (Fsp3) is 0.333. The van der Waals surface area contributed by atoms with E-state index in [1.807, 2.05) is 0 Å². The van der Waals surface area contributed by atoms with Gasteiger partial charge in [-0.25, -0.2) is 4.79 Å². The van der Waals surface area contributed by atoms with Crippen LogP contribution in [0.4, 0.5) is 0 Å². The fourth-order valence-corrected chi connectivity index (χ4v) is 1.46. The lowest BCUT2D eigenvalue weighted by molar-refractivity contribution is 0.0600. The second-order valence-corrected chi connectivity index (χ2v) is 3.31. The minimum absolute atomic E-state index is 0.217. The van der Waals surface area contributed by atoms with E-state index in [2.05, 4.69) is 4.74 Å². The van der Waals surface area contributed by atoms with Crippen molar-refractivity contribution < 1.29 is 23.8 Å². The first kappa shape index (κ1) is 13.0. The molecular formula is C12H14O5. The van der Waals surface area contributed by atoms with Crippen molar-refractivity contribution >= 4 is 11.8 Å². The quantitative estimate of drug-likeness (QED) is 0.590. The van der Waals surface area contributed by atoms with Crippen molar-refractivity contribution in [3.05, 3.63) is 23.3 Å². The third-order valence-corrected chi connectivity index (χ3v) is 2.28. The summed E-state index contributed by atoms with van der Waals surface area (Å²) in [5, 5.41) is 0. The van der Waals surface area contributed by atoms with E-state index in [1.165, 1.54) is 40.4 Å². The second kappa shape index (κ2) is 5.34. The van der Waals surface area contributed by atoms with Crippen LogP contribution in [0.2, 0.25) is 0 Å². The predicted octanol–water partition coefficient (Wildman–Crippen LogP) is 1.69. The molecule has 0 fully saturated rings. The summed E-state index contributed by atoms with van der Waals surface area (Å²) in [4.78, 5) is 22.9. The molecule has 0 aliphatic heterocycles. The average Bonchev–Trinajstić information content (AvgIpc) is 2.35. The zero-order valence-electron chi connectivity index (χ0n) is 10.2. The van der Waals surface area contributed by atoms with Gasteiger partial charge in [-0.05, 0) is 19.1 Å². The Bertz CT molecular complexity index is 450. The molecule has 0 spiro atoms. The molecule has 0 heterocycles. The number of hydrogen-bond donors (Lipinski definition) is 0. The Morgan fingerprint density at radius 2 is 1.71 bits per heavy atom. The summed E-state index contributed by atoms with van der Waals surface area (Å²) in [6.07, 6.45) is 0. The highest BCUT2D eigenvalue weighted by Crippen LogP contribution is 2.33. The number of rotatable bonds is 4. The van der Waals surface area contributed by atoms with E-state index < -0.39 is 5.97 Å². The number of benzene rings is 1. The van der Waals surface area contributed by atoms with E-state index >= 15 is 0 Å². The van der Waals surface area contributed by atoms with Gasteiger partial charge in [0.25, 0.3) is 0 Å². The van der Waals surface area contributed by atoms with E-state index in [-0.39, 0.29) is 16.9 Å². The largest absolute Gasteiger partial charge is 0.493 e. The first-order valence-electron chi connectivity index (χ1n) is 4.90. The lowest BCUT2D eigenvalue weighted by Crippen LogP contribution is -2.07. The van der Waals surface area contributed by atoms with Crippen molar-refractivity contribution in [3.8, 4) is 11.5 Å². The Kier molecular flexibility index (Phi) is 4.09. The number of Topliss-reactive ketones (excluding diaryl/α,β-unsaturated/α-hetero) is 1. The van der Waals surface area contributed by atoms with Crippen LogP contribution < -0.4 is 9.47 Å². The molecule has 0 N–H and O–H groups in total. The van der Waals surface area contributed by atoms with Gasteiger partial charge in [0.1, 0.15) is 0 Å². The molecule has 0 saturated heterocycles. The summed E-state index contributed by atoms with van der Waals surface area (Å²) in [5.41, 5.74) is 0.530. The van der Waals surface area contributed by atoms with Gasteiger partial charge in [0.15, 0.2) is 17.3 Å². The van der Waals surface area contributed by atoms with Crippen LogP contribution in [-0.4, -0.2) is 33.1 Å². The standard InChI is InChI=1S/C12H14O5/c1-7(13)9-5-8(12(14)17-4)6-10(15-2)11(9)16-3/h5-6H,1-4H3. The molecule has 1 aromatic rings. The molecule has 92 valence electrons. The van der Waals surface area contributed by atoms with Gasteiger partial charge in [-0.1, -0.05) is 0 Å². The number of methoxy groups -OCH3 is 3. The average molecular weight is 238 g/mol. The van der Waals surface area contributed by atoms with Gasteiger partial charge in [0.05, 0.1) is 32.5 Å². The highest BCUT2D eigenvalue weighted by Gasteiger charge is 2.18. The SMILES string of the molecule is COC(=O)c1cc(OC)c(OC)c(C(C)=O)c1. The van der Waals surface area contributed by atoms with Crippen molar-refractivity contribution in [2.24, 2.45) is 0 Å². The highest BCUT2D eigenvalue weighted by molar-refractivity contribution is 6.01. The molecule has 0 amide bonds. The number of carbonyl (C=O) groups is 2. The minimum atomic E-state index is -0.534. The van der Waals surface area contributed by atoms with Crippen molar-refractivity contribution in [1.29, 1.82) is 0 Å². The Balaban J connectivity index is 3.45. The van der Waals surface area contributed by atoms with Crippen LogP contribution in [0.15, 0.2) is 12.1 Å². The molecule has 0 unspecified atom stereocenters. The Hall–Kier alpha value is -2.04. The summed E-state index contributed by atoms with van der Waals surface area (Å²) >= 11 is 0. The molecule has 5 heteroatoms. The molecule has 17 heavy (non-hydrogen) atoms. The summed E-state index contributed by atoms with van der Waals surface area (Å²) in [6.45, 7) is 1.39. The number of hydrogen-bond acceptors (Lipinski definition) is 5. The van der Waals surface area contributed by atoms with Crippen LogP contribution in [-0.2, 0) is 4.74 Å². The molecule has 0 aliphatic carbocycles. The van der Waals surface area contributed by atoms with E-state index in [4.69, 9.17) is 9.47 Å². The van der Waals surface area contributed by atoms with Gasteiger partial charge >= 0.3 is 5.97 Å². The molecule has 0 radical (unpaired) electrons. The number of ether oxygens (including phenoxy) is 3. The van der Waals surface area contributed by atoms with Gasteiger partial charge in [-0.3, -0.25) is 4.79 Å². The van der Waals surface area contributed by atoms with Gasteiger partial charge in [0, 0.05) is 0 Å². The van der Waals surface area contributed by atoms with Gasteiger partial charge in [-0.15, -0.1) is 0 Å². The normalized spacial score (nSPS) is 9.65. The van der Waals surface area contributed by atoms with Gasteiger partial charge < -0.3 is 14.2 Å². The van der Waals surface area contributed by atoms with Crippen molar-refractivity contribution in [3.63, 3.8) is 0 Å². The van der Waals surface area contributed by atoms with Gasteiger partial charge in [0.2, 0.25) is 0 Å². The number of ketones is 1.